The second kappa shape index (κ2) is 9.01. The number of amides is 1. The molecule has 176 valence electrons. The molecule has 1 aliphatic heterocycles. The number of hydrogen-bond donors (Lipinski definition) is 2. The van der Waals surface area contributed by atoms with Crippen molar-refractivity contribution < 1.29 is 4.79 Å². The van der Waals surface area contributed by atoms with Gasteiger partial charge in [0.1, 0.15) is 0 Å². The van der Waals surface area contributed by atoms with Crippen LogP contribution in [0.15, 0.2) is 36.4 Å². The zero-order valence-corrected chi connectivity index (χ0v) is 21.4. The maximum Gasteiger partial charge on any atom is 0.236 e. The SMILES string of the molecule is CNCC(=O)N1CCc2cc(-c3ccc4[nH]c(-c5cc(C)nc(C)c5)c(C(C)C)c4c3)sc2C1. The van der Waals surface area contributed by atoms with E-state index in [1.54, 1.807) is 0 Å². The Morgan fingerprint density at radius 3 is 2.62 bits per heavy atom. The first-order valence-electron chi connectivity index (χ1n) is 12.0. The number of nitrogens with one attached hydrogen (secondary N) is 2. The van der Waals surface area contributed by atoms with E-state index in [0.29, 0.717) is 12.5 Å². The molecular formula is C28H32N4OS. The van der Waals surface area contributed by atoms with E-state index in [9.17, 15) is 4.79 Å². The molecule has 0 unspecified atom stereocenters. The van der Waals surface area contributed by atoms with Crippen LogP contribution in [0.5, 0.6) is 0 Å². The molecular weight excluding hydrogens is 440 g/mol. The van der Waals surface area contributed by atoms with Gasteiger partial charge in [-0.2, -0.15) is 0 Å². The molecule has 1 aliphatic rings. The first-order valence-corrected chi connectivity index (χ1v) is 12.8. The molecule has 2 N–H and O–H groups in total. The number of carbonyl (C=O) groups excluding carboxylic acids is 1. The van der Waals surface area contributed by atoms with E-state index in [-0.39, 0.29) is 5.91 Å². The van der Waals surface area contributed by atoms with E-state index in [1.165, 1.54) is 48.6 Å². The van der Waals surface area contributed by atoms with Crippen molar-refractivity contribution >= 4 is 28.1 Å². The lowest BCUT2D eigenvalue weighted by Gasteiger charge is -2.26. The van der Waals surface area contributed by atoms with E-state index >= 15 is 0 Å². The fourth-order valence-corrected chi connectivity index (χ4v) is 6.33. The number of nitrogens with zero attached hydrogens (tertiary/aromatic N) is 2. The van der Waals surface area contributed by atoms with Crippen molar-refractivity contribution in [3.8, 4) is 21.7 Å². The van der Waals surface area contributed by atoms with Gasteiger partial charge in [-0.15, -0.1) is 11.3 Å². The number of likely N-dealkylation sites (N-methyl/N-ethyl adjacent to an activating group) is 1. The summed E-state index contributed by atoms with van der Waals surface area (Å²) in [5.41, 5.74) is 9.62. The van der Waals surface area contributed by atoms with Gasteiger partial charge < -0.3 is 15.2 Å². The zero-order valence-electron chi connectivity index (χ0n) is 20.6. The van der Waals surface area contributed by atoms with Crippen LogP contribution in [-0.2, 0) is 17.8 Å². The van der Waals surface area contributed by atoms with Crippen LogP contribution in [0, 0.1) is 13.8 Å². The number of aryl methyl sites for hydroxylation is 2. The fraction of sp³-hybridized carbons (Fsp3) is 0.357. The van der Waals surface area contributed by atoms with Crippen molar-refractivity contribution in [2.24, 2.45) is 0 Å². The van der Waals surface area contributed by atoms with Crippen LogP contribution >= 0.6 is 11.3 Å². The zero-order chi connectivity index (χ0) is 24.0. The van der Waals surface area contributed by atoms with Gasteiger partial charge in [-0.05, 0) is 80.3 Å². The highest BCUT2D eigenvalue weighted by Gasteiger charge is 2.23. The maximum absolute atomic E-state index is 12.4. The minimum Gasteiger partial charge on any atom is -0.354 e. The van der Waals surface area contributed by atoms with Crippen LogP contribution in [-0.4, -0.2) is 40.9 Å². The Kier molecular flexibility index (Phi) is 6.04. The molecule has 0 saturated carbocycles. The molecule has 1 amide bonds. The van der Waals surface area contributed by atoms with Gasteiger partial charge in [0.15, 0.2) is 0 Å². The van der Waals surface area contributed by atoms with E-state index < -0.39 is 0 Å². The molecule has 3 aromatic heterocycles. The summed E-state index contributed by atoms with van der Waals surface area (Å²) in [5, 5.41) is 4.26. The van der Waals surface area contributed by atoms with Gasteiger partial charge in [0.05, 0.1) is 18.8 Å². The molecule has 0 atom stereocenters. The number of hydrogen-bond acceptors (Lipinski definition) is 4. The third-order valence-electron chi connectivity index (χ3n) is 6.63. The molecule has 0 bridgehead atoms. The van der Waals surface area contributed by atoms with Gasteiger partial charge in [-0.3, -0.25) is 9.78 Å². The van der Waals surface area contributed by atoms with Crippen LogP contribution in [0.25, 0.3) is 32.6 Å². The molecule has 1 aromatic carbocycles. The van der Waals surface area contributed by atoms with Crippen LogP contribution in [0.4, 0.5) is 0 Å². The van der Waals surface area contributed by atoms with Crippen LogP contribution in [0.2, 0.25) is 0 Å². The Balaban J connectivity index is 1.54. The minimum absolute atomic E-state index is 0.174. The number of pyridine rings is 1. The summed E-state index contributed by atoms with van der Waals surface area (Å²) in [6, 6.07) is 13.4. The van der Waals surface area contributed by atoms with Crippen LogP contribution < -0.4 is 5.32 Å². The molecule has 4 aromatic rings. The van der Waals surface area contributed by atoms with Crippen LogP contribution in [0.3, 0.4) is 0 Å². The van der Waals surface area contributed by atoms with Gasteiger partial charge in [-0.1, -0.05) is 19.9 Å². The summed E-state index contributed by atoms with van der Waals surface area (Å²) in [4.78, 5) is 25.2. The first-order chi connectivity index (χ1) is 16.3. The van der Waals surface area contributed by atoms with Crippen molar-refractivity contribution in [2.45, 2.75) is 46.6 Å². The van der Waals surface area contributed by atoms with Gasteiger partial charge in [0, 0.05) is 44.2 Å². The van der Waals surface area contributed by atoms with Gasteiger partial charge in [-0.25, -0.2) is 0 Å². The van der Waals surface area contributed by atoms with Crippen molar-refractivity contribution in [2.75, 3.05) is 20.1 Å². The predicted molar refractivity (Wildman–Crippen MR) is 141 cm³/mol. The third kappa shape index (κ3) is 4.17. The summed E-state index contributed by atoms with van der Waals surface area (Å²) in [6.45, 7) is 10.5. The number of fused-ring (bicyclic) bond motifs is 2. The Bertz CT molecular complexity index is 1360. The largest absolute Gasteiger partial charge is 0.354 e. The quantitative estimate of drug-likeness (QED) is 0.386. The van der Waals surface area contributed by atoms with Crippen molar-refractivity contribution in [1.82, 2.24) is 20.2 Å². The lowest BCUT2D eigenvalue weighted by Crippen LogP contribution is -2.39. The molecule has 5 rings (SSSR count). The highest BCUT2D eigenvalue weighted by atomic mass is 32.1. The molecule has 0 radical (unpaired) electrons. The summed E-state index contributed by atoms with van der Waals surface area (Å²) in [6.07, 6.45) is 0.926. The number of rotatable bonds is 5. The normalized spacial score (nSPS) is 13.6. The lowest BCUT2D eigenvalue weighted by atomic mass is 9.95. The molecule has 6 heteroatoms. The predicted octanol–water partition coefficient (Wildman–Crippen LogP) is 5.80. The molecule has 0 saturated heterocycles. The highest BCUT2D eigenvalue weighted by Crippen LogP contribution is 2.40. The number of H-pyrrole nitrogens is 1. The summed E-state index contributed by atoms with van der Waals surface area (Å²) < 4.78 is 0. The molecule has 4 heterocycles. The van der Waals surface area contributed by atoms with E-state index in [0.717, 1.165) is 30.9 Å². The van der Waals surface area contributed by atoms with E-state index in [1.807, 2.05) is 23.3 Å². The number of thiophene rings is 1. The molecule has 5 nitrogen and oxygen atoms in total. The Morgan fingerprint density at radius 1 is 1.15 bits per heavy atom. The van der Waals surface area contributed by atoms with E-state index in [2.05, 4.69) is 79.4 Å². The minimum atomic E-state index is 0.174. The Labute approximate surface area is 205 Å². The average Bonchev–Trinajstić information content (AvgIpc) is 3.39. The third-order valence-corrected chi connectivity index (χ3v) is 7.84. The average molecular weight is 473 g/mol. The monoisotopic (exact) mass is 472 g/mol. The molecule has 0 aliphatic carbocycles. The molecule has 0 fully saturated rings. The Morgan fingerprint density at radius 2 is 1.91 bits per heavy atom. The van der Waals surface area contributed by atoms with Crippen molar-refractivity contribution in [1.29, 1.82) is 0 Å². The number of benzene rings is 1. The first kappa shape index (κ1) is 22.8. The van der Waals surface area contributed by atoms with E-state index in [4.69, 9.17) is 0 Å². The maximum atomic E-state index is 12.4. The summed E-state index contributed by atoms with van der Waals surface area (Å²) in [7, 11) is 1.82. The lowest BCUT2D eigenvalue weighted by molar-refractivity contribution is -0.131. The highest BCUT2D eigenvalue weighted by molar-refractivity contribution is 7.15. The Hall–Kier alpha value is -2.96. The van der Waals surface area contributed by atoms with Crippen molar-refractivity contribution in [3.63, 3.8) is 0 Å². The fourth-order valence-electron chi connectivity index (χ4n) is 5.11. The van der Waals surface area contributed by atoms with Gasteiger partial charge >= 0.3 is 0 Å². The standard InChI is InChI=1S/C28H32N4OS/c1-16(2)27-22-12-19(6-7-23(22)31-28(27)21-10-17(3)30-18(4)11-21)24-13-20-8-9-32(15-25(20)34-24)26(33)14-29-5/h6-7,10-13,16,29,31H,8-9,14-15H2,1-5H3. The molecule has 34 heavy (non-hydrogen) atoms. The van der Waals surface area contributed by atoms with Gasteiger partial charge in [0.25, 0.3) is 0 Å². The number of carbonyl (C=O) groups is 1. The molecule has 0 spiro atoms. The second-order valence-corrected chi connectivity index (χ2v) is 10.8. The smallest absolute Gasteiger partial charge is 0.236 e. The topological polar surface area (TPSA) is 61.0 Å². The summed E-state index contributed by atoms with van der Waals surface area (Å²) >= 11 is 1.82. The van der Waals surface area contributed by atoms with Crippen molar-refractivity contribution in [3.05, 3.63) is 63.8 Å². The summed E-state index contributed by atoms with van der Waals surface area (Å²) in [5.74, 6) is 0.559. The second-order valence-electron chi connectivity index (χ2n) is 9.62. The van der Waals surface area contributed by atoms with Gasteiger partial charge in [0.2, 0.25) is 5.91 Å². The number of aromatic amines is 1. The number of aromatic nitrogens is 2. The van der Waals surface area contributed by atoms with Crippen LogP contribution in [0.1, 0.15) is 47.2 Å².